The van der Waals surface area contributed by atoms with Crippen LogP contribution in [-0.2, 0) is 0 Å². The first-order chi connectivity index (χ1) is 9.63. The highest BCUT2D eigenvalue weighted by Gasteiger charge is 2.04. The van der Waals surface area contributed by atoms with Gasteiger partial charge in [0.1, 0.15) is 11.5 Å². The predicted octanol–water partition coefficient (Wildman–Crippen LogP) is 5.17. The van der Waals surface area contributed by atoms with Crippen molar-refractivity contribution in [3.8, 4) is 17.6 Å². The number of nitrogens with zero attached hydrogens (tertiary/aromatic N) is 1. The van der Waals surface area contributed by atoms with Crippen LogP contribution in [0.3, 0.4) is 0 Å². The van der Waals surface area contributed by atoms with Gasteiger partial charge in [0.25, 0.3) is 0 Å². The van der Waals surface area contributed by atoms with Crippen molar-refractivity contribution in [1.82, 2.24) is 0 Å². The van der Waals surface area contributed by atoms with Crippen LogP contribution in [0.5, 0.6) is 11.5 Å². The molecule has 2 heteroatoms. The molecule has 1 atom stereocenters. The molecular formula is C18H19NO. The fourth-order valence-electron chi connectivity index (χ4n) is 2.06. The van der Waals surface area contributed by atoms with Gasteiger partial charge in [0.05, 0.1) is 11.6 Å². The molecule has 0 heterocycles. The van der Waals surface area contributed by atoms with Crippen LogP contribution in [-0.4, -0.2) is 0 Å². The van der Waals surface area contributed by atoms with E-state index in [1.807, 2.05) is 31.2 Å². The Morgan fingerprint density at radius 2 is 1.75 bits per heavy atom. The molecule has 2 aromatic carbocycles. The van der Waals surface area contributed by atoms with Crippen molar-refractivity contribution in [2.45, 2.75) is 33.1 Å². The van der Waals surface area contributed by atoms with E-state index in [1.54, 1.807) is 6.07 Å². The van der Waals surface area contributed by atoms with E-state index in [1.165, 1.54) is 5.56 Å². The largest absolute Gasteiger partial charge is 0.457 e. The van der Waals surface area contributed by atoms with Crippen LogP contribution in [0.15, 0.2) is 42.5 Å². The number of benzene rings is 2. The van der Waals surface area contributed by atoms with Crippen molar-refractivity contribution in [3.63, 3.8) is 0 Å². The molecule has 0 saturated heterocycles. The van der Waals surface area contributed by atoms with E-state index in [9.17, 15) is 0 Å². The summed E-state index contributed by atoms with van der Waals surface area (Å²) in [5, 5.41) is 8.91. The number of aryl methyl sites for hydroxylation is 1. The molecule has 0 saturated carbocycles. The molecule has 0 radical (unpaired) electrons. The van der Waals surface area contributed by atoms with E-state index in [0.717, 1.165) is 23.5 Å². The standard InChI is InChI=1S/C18H19NO/c1-4-13(2)15-5-8-17(9-6-15)20-18-10-7-16(12-19)14(3)11-18/h5-11,13H,4H2,1-3H3. The summed E-state index contributed by atoms with van der Waals surface area (Å²) in [6, 6.07) is 15.9. The van der Waals surface area contributed by atoms with Gasteiger partial charge in [-0.1, -0.05) is 26.0 Å². The van der Waals surface area contributed by atoms with Gasteiger partial charge in [-0.2, -0.15) is 5.26 Å². The van der Waals surface area contributed by atoms with Crippen molar-refractivity contribution < 1.29 is 4.74 Å². The molecule has 0 aliphatic rings. The molecule has 0 aromatic heterocycles. The fraction of sp³-hybridized carbons (Fsp3) is 0.278. The molecule has 0 N–H and O–H groups in total. The van der Waals surface area contributed by atoms with E-state index in [0.29, 0.717) is 11.5 Å². The quantitative estimate of drug-likeness (QED) is 0.763. The lowest BCUT2D eigenvalue weighted by Crippen LogP contribution is -1.91. The minimum Gasteiger partial charge on any atom is -0.457 e. The van der Waals surface area contributed by atoms with Gasteiger partial charge in [0, 0.05) is 0 Å². The van der Waals surface area contributed by atoms with E-state index < -0.39 is 0 Å². The summed E-state index contributed by atoms with van der Waals surface area (Å²) in [7, 11) is 0. The summed E-state index contributed by atoms with van der Waals surface area (Å²) >= 11 is 0. The van der Waals surface area contributed by atoms with Crippen molar-refractivity contribution in [2.24, 2.45) is 0 Å². The number of rotatable bonds is 4. The maximum absolute atomic E-state index is 8.91. The van der Waals surface area contributed by atoms with Crippen LogP contribution >= 0.6 is 0 Å². The summed E-state index contributed by atoms with van der Waals surface area (Å²) in [6.07, 6.45) is 1.13. The molecule has 1 unspecified atom stereocenters. The highest BCUT2D eigenvalue weighted by molar-refractivity contribution is 5.43. The average Bonchev–Trinajstić information content (AvgIpc) is 2.47. The molecular weight excluding hydrogens is 246 g/mol. The first-order valence-corrected chi connectivity index (χ1v) is 6.92. The molecule has 2 rings (SSSR count). The van der Waals surface area contributed by atoms with Crippen LogP contribution in [0.25, 0.3) is 0 Å². The monoisotopic (exact) mass is 265 g/mol. The van der Waals surface area contributed by atoms with Crippen molar-refractivity contribution in [1.29, 1.82) is 5.26 Å². The SMILES string of the molecule is CCC(C)c1ccc(Oc2ccc(C#N)c(C)c2)cc1. The zero-order valence-corrected chi connectivity index (χ0v) is 12.2. The Balaban J connectivity index is 2.14. The topological polar surface area (TPSA) is 33.0 Å². The third kappa shape index (κ3) is 3.19. The smallest absolute Gasteiger partial charge is 0.127 e. The Bertz CT molecular complexity index is 623. The Kier molecular flexibility index (Phi) is 4.42. The molecule has 2 nitrogen and oxygen atoms in total. The molecule has 0 aliphatic heterocycles. The molecule has 0 bridgehead atoms. The van der Waals surface area contributed by atoms with Gasteiger partial charge in [0.2, 0.25) is 0 Å². The number of nitriles is 1. The molecule has 20 heavy (non-hydrogen) atoms. The lowest BCUT2D eigenvalue weighted by Gasteiger charge is -2.11. The van der Waals surface area contributed by atoms with Gasteiger partial charge in [0.15, 0.2) is 0 Å². The minimum atomic E-state index is 0.571. The third-order valence-corrected chi connectivity index (χ3v) is 3.62. The zero-order chi connectivity index (χ0) is 14.5. The maximum Gasteiger partial charge on any atom is 0.127 e. The number of hydrogen-bond donors (Lipinski definition) is 0. The van der Waals surface area contributed by atoms with Crippen molar-refractivity contribution in [3.05, 3.63) is 59.2 Å². The minimum absolute atomic E-state index is 0.571. The summed E-state index contributed by atoms with van der Waals surface area (Å²) in [4.78, 5) is 0. The van der Waals surface area contributed by atoms with Gasteiger partial charge in [-0.25, -0.2) is 0 Å². The molecule has 0 spiro atoms. The summed E-state index contributed by atoms with van der Waals surface area (Å²) < 4.78 is 5.82. The van der Waals surface area contributed by atoms with Crippen molar-refractivity contribution in [2.75, 3.05) is 0 Å². The van der Waals surface area contributed by atoms with Crippen molar-refractivity contribution >= 4 is 0 Å². The Labute approximate surface area is 120 Å². The third-order valence-electron chi connectivity index (χ3n) is 3.62. The van der Waals surface area contributed by atoms with Crippen LogP contribution in [0, 0.1) is 18.3 Å². The highest BCUT2D eigenvalue weighted by Crippen LogP contribution is 2.26. The summed E-state index contributed by atoms with van der Waals surface area (Å²) in [6.45, 7) is 6.33. The summed E-state index contributed by atoms with van der Waals surface area (Å²) in [5.41, 5.74) is 2.95. The Morgan fingerprint density at radius 3 is 2.30 bits per heavy atom. The van der Waals surface area contributed by atoms with Gasteiger partial charge in [-0.15, -0.1) is 0 Å². The van der Waals surface area contributed by atoms with Gasteiger partial charge in [-0.05, 0) is 60.7 Å². The van der Waals surface area contributed by atoms with E-state index >= 15 is 0 Å². The first kappa shape index (κ1) is 14.1. The molecule has 0 fully saturated rings. The average molecular weight is 265 g/mol. The first-order valence-electron chi connectivity index (χ1n) is 6.92. The summed E-state index contributed by atoms with van der Waals surface area (Å²) in [5.74, 6) is 2.15. The van der Waals surface area contributed by atoms with Crippen LogP contribution in [0.4, 0.5) is 0 Å². The second-order valence-corrected chi connectivity index (χ2v) is 5.07. The second kappa shape index (κ2) is 6.25. The van der Waals surface area contributed by atoms with E-state index in [-0.39, 0.29) is 0 Å². The van der Waals surface area contributed by atoms with E-state index in [4.69, 9.17) is 10.00 Å². The lowest BCUT2D eigenvalue weighted by molar-refractivity contribution is 0.482. The van der Waals surface area contributed by atoms with Crippen LogP contribution < -0.4 is 4.74 Å². The maximum atomic E-state index is 8.91. The normalized spacial score (nSPS) is 11.7. The molecule has 0 amide bonds. The lowest BCUT2D eigenvalue weighted by atomic mass is 9.99. The van der Waals surface area contributed by atoms with Gasteiger partial charge in [-0.3, -0.25) is 0 Å². The number of ether oxygens (including phenoxy) is 1. The van der Waals surface area contributed by atoms with Crippen LogP contribution in [0.2, 0.25) is 0 Å². The Morgan fingerprint density at radius 1 is 1.10 bits per heavy atom. The second-order valence-electron chi connectivity index (χ2n) is 5.07. The molecule has 0 aliphatic carbocycles. The van der Waals surface area contributed by atoms with Gasteiger partial charge < -0.3 is 4.74 Å². The predicted molar refractivity (Wildman–Crippen MR) is 81.1 cm³/mol. The molecule has 102 valence electrons. The Hall–Kier alpha value is -2.27. The van der Waals surface area contributed by atoms with Crippen LogP contribution in [0.1, 0.15) is 42.9 Å². The highest BCUT2D eigenvalue weighted by atomic mass is 16.5. The molecule has 2 aromatic rings. The zero-order valence-electron chi connectivity index (χ0n) is 12.2. The fourth-order valence-corrected chi connectivity index (χ4v) is 2.06. The van der Waals surface area contributed by atoms with E-state index in [2.05, 4.69) is 32.0 Å². The number of hydrogen-bond acceptors (Lipinski definition) is 2. The van der Waals surface area contributed by atoms with Gasteiger partial charge >= 0.3 is 0 Å².